The lowest BCUT2D eigenvalue weighted by Gasteiger charge is -2.13. The predicted octanol–water partition coefficient (Wildman–Crippen LogP) is 0.673. The van der Waals surface area contributed by atoms with E-state index in [1.165, 1.54) is 14.2 Å². The zero-order chi connectivity index (χ0) is 15.0. The minimum Gasteiger partial charge on any atom is -0.493 e. The molecule has 20 heavy (non-hydrogen) atoms. The van der Waals surface area contributed by atoms with Gasteiger partial charge in [-0.05, 0) is 12.1 Å². The summed E-state index contributed by atoms with van der Waals surface area (Å²) in [6, 6.07) is 5.16. The Kier molecular flexibility index (Phi) is 6.15. The van der Waals surface area contributed by atoms with Crippen LogP contribution < -0.4 is 19.5 Å². The Morgan fingerprint density at radius 1 is 1.20 bits per heavy atom. The highest BCUT2D eigenvalue weighted by atomic mass is 16.5. The number of carboxylic acid groups (broad SMARTS) is 1. The van der Waals surface area contributed by atoms with Crippen LogP contribution in [0.2, 0.25) is 0 Å². The van der Waals surface area contributed by atoms with Crippen LogP contribution >= 0.6 is 0 Å². The second-order valence-electron chi connectivity index (χ2n) is 3.76. The quantitative estimate of drug-likeness (QED) is 0.728. The van der Waals surface area contributed by atoms with E-state index in [1.54, 1.807) is 18.2 Å². The molecule has 0 heterocycles. The molecule has 2 N–H and O–H groups in total. The molecule has 7 heteroatoms. The van der Waals surface area contributed by atoms with Crippen molar-refractivity contribution in [2.75, 3.05) is 27.4 Å². The van der Waals surface area contributed by atoms with E-state index in [0.29, 0.717) is 17.2 Å². The van der Waals surface area contributed by atoms with Crippen molar-refractivity contribution in [3.8, 4) is 17.2 Å². The van der Waals surface area contributed by atoms with E-state index in [0.717, 1.165) is 0 Å². The van der Waals surface area contributed by atoms with Gasteiger partial charge in [0.25, 0.3) is 0 Å². The summed E-state index contributed by atoms with van der Waals surface area (Å²) in [7, 11) is 3.01. The molecule has 0 aliphatic rings. The average Bonchev–Trinajstić information content (AvgIpc) is 2.44. The molecule has 0 unspecified atom stereocenters. The molecule has 0 bridgehead atoms. The molecule has 0 aliphatic heterocycles. The van der Waals surface area contributed by atoms with Gasteiger partial charge in [-0.15, -0.1) is 0 Å². The fraction of sp³-hybridized carbons (Fsp3) is 0.385. The summed E-state index contributed by atoms with van der Waals surface area (Å²) in [6.07, 6.45) is 0.0493. The standard InChI is InChI=1S/C13H17NO6/c1-18-9-4-3-5-10(13(9)19-2)20-7-6-11(15)14-8-12(16)17/h3-5H,6-8H2,1-2H3,(H,14,15)(H,16,17). The number of aliphatic carboxylic acids is 1. The monoisotopic (exact) mass is 283 g/mol. The second-order valence-corrected chi connectivity index (χ2v) is 3.76. The van der Waals surface area contributed by atoms with Crippen LogP contribution in [0.25, 0.3) is 0 Å². The average molecular weight is 283 g/mol. The van der Waals surface area contributed by atoms with Crippen LogP contribution in [-0.4, -0.2) is 44.4 Å². The van der Waals surface area contributed by atoms with E-state index in [9.17, 15) is 9.59 Å². The molecule has 1 rings (SSSR count). The fourth-order valence-corrected chi connectivity index (χ4v) is 1.49. The molecule has 0 saturated heterocycles. The molecule has 0 saturated carbocycles. The first-order valence-corrected chi connectivity index (χ1v) is 5.90. The summed E-state index contributed by atoms with van der Waals surface area (Å²) >= 11 is 0. The van der Waals surface area contributed by atoms with Gasteiger partial charge in [0.05, 0.1) is 27.2 Å². The number of benzene rings is 1. The summed E-state index contributed by atoms with van der Waals surface area (Å²) in [5, 5.41) is 10.7. The maximum atomic E-state index is 11.3. The molecule has 1 aromatic carbocycles. The van der Waals surface area contributed by atoms with Gasteiger partial charge in [-0.1, -0.05) is 6.07 Å². The van der Waals surface area contributed by atoms with E-state index in [4.69, 9.17) is 19.3 Å². The molecule has 0 spiro atoms. The molecule has 1 aromatic rings. The number of hydrogen-bond acceptors (Lipinski definition) is 5. The number of methoxy groups -OCH3 is 2. The second kappa shape index (κ2) is 7.88. The number of rotatable bonds is 8. The van der Waals surface area contributed by atoms with Crippen molar-refractivity contribution in [3.63, 3.8) is 0 Å². The highest BCUT2D eigenvalue weighted by molar-refractivity contribution is 5.81. The zero-order valence-corrected chi connectivity index (χ0v) is 11.3. The number of amides is 1. The third-order valence-electron chi connectivity index (χ3n) is 2.39. The topological polar surface area (TPSA) is 94.1 Å². The van der Waals surface area contributed by atoms with Crippen LogP contribution in [0.3, 0.4) is 0 Å². The van der Waals surface area contributed by atoms with Crippen molar-refractivity contribution in [1.29, 1.82) is 0 Å². The number of para-hydroxylation sites is 1. The van der Waals surface area contributed by atoms with Gasteiger partial charge >= 0.3 is 5.97 Å². The first-order chi connectivity index (χ1) is 9.58. The highest BCUT2D eigenvalue weighted by Gasteiger charge is 2.11. The Hall–Kier alpha value is -2.44. The largest absolute Gasteiger partial charge is 0.493 e. The van der Waals surface area contributed by atoms with Crippen LogP contribution in [0.5, 0.6) is 17.2 Å². The van der Waals surface area contributed by atoms with Crippen LogP contribution in [0.15, 0.2) is 18.2 Å². The van der Waals surface area contributed by atoms with E-state index in [-0.39, 0.29) is 13.0 Å². The van der Waals surface area contributed by atoms with Crippen molar-refractivity contribution in [1.82, 2.24) is 5.32 Å². The maximum absolute atomic E-state index is 11.3. The van der Waals surface area contributed by atoms with E-state index >= 15 is 0 Å². The molecule has 0 aliphatic carbocycles. The smallest absolute Gasteiger partial charge is 0.322 e. The Balaban J connectivity index is 2.49. The summed E-state index contributed by atoms with van der Waals surface area (Å²) in [5.41, 5.74) is 0. The van der Waals surface area contributed by atoms with Crippen molar-refractivity contribution < 1.29 is 28.9 Å². The molecule has 0 atom stereocenters. The number of ether oxygens (including phenoxy) is 3. The van der Waals surface area contributed by atoms with Gasteiger partial charge in [-0.2, -0.15) is 0 Å². The number of carbonyl (C=O) groups is 2. The summed E-state index contributed by atoms with van der Waals surface area (Å²) in [4.78, 5) is 21.6. The van der Waals surface area contributed by atoms with Gasteiger partial charge in [0.15, 0.2) is 11.5 Å². The molecule has 0 fully saturated rings. The lowest BCUT2D eigenvalue weighted by molar-refractivity contribution is -0.138. The lowest BCUT2D eigenvalue weighted by Crippen LogP contribution is -2.30. The van der Waals surface area contributed by atoms with Gasteiger partial charge in [-0.3, -0.25) is 9.59 Å². The van der Waals surface area contributed by atoms with Crippen molar-refractivity contribution in [2.45, 2.75) is 6.42 Å². The van der Waals surface area contributed by atoms with Crippen LogP contribution in [-0.2, 0) is 9.59 Å². The molecule has 7 nitrogen and oxygen atoms in total. The summed E-state index contributed by atoms with van der Waals surface area (Å²) in [6.45, 7) is -0.295. The third kappa shape index (κ3) is 4.68. The van der Waals surface area contributed by atoms with Crippen molar-refractivity contribution in [3.05, 3.63) is 18.2 Å². The predicted molar refractivity (Wildman–Crippen MR) is 70.3 cm³/mol. The first kappa shape index (κ1) is 15.6. The van der Waals surface area contributed by atoms with Crippen LogP contribution in [0, 0.1) is 0 Å². The first-order valence-electron chi connectivity index (χ1n) is 5.90. The normalized spacial score (nSPS) is 9.70. The van der Waals surface area contributed by atoms with Crippen molar-refractivity contribution in [2.24, 2.45) is 0 Å². The van der Waals surface area contributed by atoms with E-state index < -0.39 is 18.4 Å². The number of carbonyl (C=O) groups excluding carboxylic acids is 1. The maximum Gasteiger partial charge on any atom is 0.322 e. The number of carboxylic acids is 1. The zero-order valence-electron chi connectivity index (χ0n) is 11.3. The molecule has 0 radical (unpaired) electrons. The minimum atomic E-state index is -1.09. The number of nitrogens with one attached hydrogen (secondary N) is 1. The summed E-state index contributed by atoms with van der Waals surface area (Å²) in [5.74, 6) is -0.0536. The van der Waals surface area contributed by atoms with Gasteiger partial charge in [-0.25, -0.2) is 0 Å². The molecule has 110 valence electrons. The Morgan fingerprint density at radius 2 is 1.90 bits per heavy atom. The SMILES string of the molecule is COc1cccc(OCCC(=O)NCC(=O)O)c1OC. The lowest BCUT2D eigenvalue weighted by atomic mass is 10.3. The highest BCUT2D eigenvalue weighted by Crippen LogP contribution is 2.36. The van der Waals surface area contributed by atoms with Crippen molar-refractivity contribution >= 4 is 11.9 Å². The number of hydrogen-bond donors (Lipinski definition) is 2. The van der Waals surface area contributed by atoms with E-state index in [2.05, 4.69) is 5.32 Å². The molecular weight excluding hydrogens is 266 g/mol. The Morgan fingerprint density at radius 3 is 2.50 bits per heavy atom. The minimum absolute atomic E-state index is 0.0493. The van der Waals surface area contributed by atoms with E-state index in [1.807, 2.05) is 0 Å². The van der Waals surface area contributed by atoms with Gasteiger partial charge in [0.2, 0.25) is 11.7 Å². The van der Waals surface area contributed by atoms with Crippen LogP contribution in [0.4, 0.5) is 0 Å². The van der Waals surface area contributed by atoms with Gasteiger partial charge in [0, 0.05) is 0 Å². The molecule has 1 amide bonds. The molecular formula is C13H17NO6. The van der Waals surface area contributed by atoms with Gasteiger partial charge in [0.1, 0.15) is 6.54 Å². The molecule has 0 aromatic heterocycles. The van der Waals surface area contributed by atoms with Gasteiger partial charge < -0.3 is 24.6 Å². The summed E-state index contributed by atoms with van der Waals surface area (Å²) < 4.78 is 15.7. The van der Waals surface area contributed by atoms with Crippen LogP contribution in [0.1, 0.15) is 6.42 Å². The Bertz CT molecular complexity index is 474. The Labute approximate surface area is 116 Å². The fourth-order valence-electron chi connectivity index (χ4n) is 1.49. The third-order valence-corrected chi connectivity index (χ3v) is 2.39.